The molecule has 1 nitrogen and oxygen atoms in total. The molecule has 1 aliphatic carbocycles. The third-order valence-corrected chi connectivity index (χ3v) is 3.16. The smallest absolute Gasteiger partial charge is 0.127 e. The second-order valence-electron chi connectivity index (χ2n) is 4.42. The van der Waals surface area contributed by atoms with Crippen molar-refractivity contribution in [1.82, 2.24) is 0 Å². The summed E-state index contributed by atoms with van der Waals surface area (Å²) in [5.74, 6) is 1.79. The summed E-state index contributed by atoms with van der Waals surface area (Å²) in [5.41, 5.74) is 3.76. The third kappa shape index (κ3) is 2.29. The molecule has 0 N–H and O–H groups in total. The van der Waals surface area contributed by atoms with Crippen molar-refractivity contribution in [3.8, 4) is 5.75 Å². The largest absolute Gasteiger partial charge is 0.493 e. The minimum Gasteiger partial charge on any atom is -0.493 e. The number of benzene rings is 1. The summed E-state index contributed by atoms with van der Waals surface area (Å²) in [7, 11) is 0. The minimum atomic E-state index is 0.720. The molecule has 0 heterocycles. The van der Waals surface area contributed by atoms with Crippen LogP contribution >= 0.6 is 0 Å². The first-order valence-electron chi connectivity index (χ1n) is 6.21. The van der Waals surface area contributed by atoms with Crippen molar-refractivity contribution in [3.63, 3.8) is 0 Å². The number of allylic oxidation sites excluding steroid dienone is 1. The van der Waals surface area contributed by atoms with Crippen LogP contribution < -0.4 is 4.74 Å². The summed E-state index contributed by atoms with van der Waals surface area (Å²) in [4.78, 5) is 0. The quantitative estimate of drug-likeness (QED) is 0.709. The van der Waals surface area contributed by atoms with Gasteiger partial charge in [-0.25, -0.2) is 0 Å². The molecule has 1 heteroatoms. The molecule has 86 valence electrons. The lowest BCUT2D eigenvalue weighted by Crippen LogP contribution is -1.97. The van der Waals surface area contributed by atoms with E-state index in [4.69, 9.17) is 4.74 Å². The molecular formula is C15H20O. The molecule has 0 bridgehead atoms. The minimum absolute atomic E-state index is 0.720. The van der Waals surface area contributed by atoms with Gasteiger partial charge >= 0.3 is 0 Å². The van der Waals surface area contributed by atoms with Gasteiger partial charge in [0.2, 0.25) is 0 Å². The first-order chi connectivity index (χ1) is 7.76. The van der Waals surface area contributed by atoms with Gasteiger partial charge in [-0.2, -0.15) is 0 Å². The van der Waals surface area contributed by atoms with Gasteiger partial charge in [-0.05, 0) is 49.3 Å². The zero-order valence-electron chi connectivity index (χ0n) is 10.3. The van der Waals surface area contributed by atoms with E-state index >= 15 is 0 Å². The lowest BCUT2D eigenvalue weighted by molar-refractivity contribution is 0.339. The highest BCUT2D eigenvalue weighted by atomic mass is 16.5. The molecule has 1 aromatic carbocycles. The van der Waals surface area contributed by atoms with Crippen LogP contribution in [-0.4, -0.2) is 6.61 Å². The molecule has 0 atom stereocenters. The zero-order valence-corrected chi connectivity index (χ0v) is 10.3. The molecule has 0 aliphatic heterocycles. The molecule has 1 aliphatic rings. The topological polar surface area (TPSA) is 9.23 Å². The van der Waals surface area contributed by atoms with Crippen molar-refractivity contribution in [2.75, 3.05) is 6.61 Å². The van der Waals surface area contributed by atoms with Gasteiger partial charge in [0.1, 0.15) is 5.75 Å². The molecule has 1 aromatic rings. The van der Waals surface area contributed by atoms with Gasteiger partial charge in [0.05, 0.1) is 6.61 Å². The van der Waals surface area contributed by atoms with Crippen molar-refractivity contribution < 1.29 is 4.74 Å². The number of hydrogen-bond donors (Lipinski definition) is 0. The van der Waals surface area contributed by atoms with Crippen LogP contribution in [0.5, 0.6) is 5.75 Å². The second-order valence-corrected chi connectivity index (χ2v) is 4.42. The average molecular weight is 216 g/mol. The maximum absolute atomic E-state index is 5.72. The van der Waals surface area contributed by atoms with E-state index in [9.17, 15) is 0 Å². The SMILES string of the molecule is C=C(CC)c1ccc(C2CC2)cc1OCC. The standard InChI is InChI=1S/C15H20O/c1-4-11(3)14-9-8-13(12-6-7-12)10-15(14)16-5-2/h8-10,12H,3-7H2,1-2H3. The highest BCUT2D eigenvalue weighted by Crippen LogP contribution is 2.42. The lowest BCUT2D eigenvalue weighted by Gasteiger charge is -2.13. The molecule has 0 spiro atoms. The van der Waals surface area contributed by atoms with E-state index in [1.165, 1.54) is 24.0 Å². The monoisotopic (exact) mass is 216 g/mol. The molecule has 16 heavy (non-hydrogen) atoms. The van der Waals surface area contributed by atoms with E-state index in [2.05, 4.69) is 31.7 Å². The summed E-state index contributed by atoms with van der Waals surface area (Å²) in [5, 5.41) is 0. The highest BCUT2D eigenvalue weighted by molar-refractivity contribution is 5.69. The maximum Gasteiger partial charge on any atom is 0.127 e. The number of ether oxygens (including phenoxy) is 1. The Kier molecular flexibility index (Phi) is 3.33. The molecule has 0 saturated heterocycles. The van der Waals surface area contributed by atoms with Crippen LogP contribution in [0.3, 0.4) is 0 Å². The Hall–Kier alpha value is -1.24. The first kappa shape index (κ1) is 11.3. The van der Waals surface area contributed by atoms with Gasteiger partial charge < -0.3 is 4.74 Å². The van der Waals surface area contributed by atoms with Crippen LogP contribution in [0, 0.1) is 0 Å². The van der Waals surface area contributed by atoms with E-state index in [-0.39, 0.29) is 0 Å². The average Bonchev–Trinajstić information content (AvgIpc) is 3.12. The van der Waals surface area contributed by atoms with Gasteiger partial charge in [0, 0.05) is 5.56 Å². The second kappa shape index (κ2) is 4.73. The Bertz CT molecular complexity index is 388. The van der Waals surface area contributed by atoms with Gasteiger partial charge in [-0.1, -0.05) is 25.6 Å². The van der Waals surface area contributed by atoms with Crippen molar-refractivity contribution in [3.05, 3.63) is 35.9 Å². The van der Waals surface area contributed by atoms with Crippen LogP contribution in [0.2, 0.25) is 0 Å². The fourth-order valence-corrected chi connectivity index (χ4v) is 1.97. The van der Waals surface area contributed by atoms with Crippen LogP contribution in [0.25, 0.3) is 5.57 Å². The van der Waals surface area contributed by atoms with Crippen molar-refractivity contribution in [2.45, 2.75) is 39.0 Å². The number of rotatable bonds is 5. The van der Waals surface area contributed by atoms with E-state index < -0.39 is 0 Å². The Morgan fingerprint density at radius 2 is 2.12 bits per heavy atom. The van der Waals surface area contributed by atoms with Crippen molar-refractivity contribution >= 4 is 5.57 Å². The third-order valence-electron chi connectivity index (χ3n) is 3.16. The highest BCUT2D eigenvalue weighted by Gasteiger charge is 2.24. The Morgan fingerprint density at radius 3 is 2.69 bits per heavy atom. The van der Waals surface area contributed by atoms with E-state index in [1.54, 1.807) is 0 Å². The lowest BCUT2D eigenvalue weighted by atomic mass is 10.0. The molecule has 0 radical (unpaired) electrons. The Morgan fingerprint density at radius 1 is 1.38 bits per heavy atom. The Balaban J connectivity index is 2.32. The van der Waals surface area contributed by atoms with Gasteiger partial charge in [0.15, 0.2) is 0 Å². The first-order valence-corrected chi connectivity index (χ1v) is 6.21. The summed E-state index contributed by atoms with van der Waals surface area (Å²) in [6.07, 6.45) is 3.64. The van der Waals surface area contributed by atoms with Crippen LogP contribution in [0.4, 0.5) is 0 Å². The molecule has 0 unspecified atom stereocenters. The molecular weight excluding hydrogens is 196 g/mol. The van der Waals surface area contributed by atoms with Crippen LogP contribution in [0.15, 0.2) is 24.8 Å². The predicted octanol–water partition coefficient (Wildman–Crippen LogP) is 4.39. The van der Waals surface area contributed by atoms with E-state index in [0.29, 0.717) is 0 Å². The summed E-state index contributed by atoms with van der Waals surface area (Å²) < 4.78 is 5.72. The predicted molar refractivity (Wildman–Crippen MR) is 68.9 cm³/mol. The normalized spacial score (nSPS) is 14.9. The fraction of sp³-hybridized carbons (Fsp3) is 0.467. The fourth-order valence-electron chi connectivity index (χ4n) is 1.97. The van der Waals surface area contributed by atoms with E-state index in [1.807, 2.05) is 6.92 Å². The summed E-state index contributed by atoms with van der Waals surface area (Å²) in [6, 6.07) is 6.61. The van der Waals surface area contributed by atoms with Gasteiger partial charge in [-0.15, -0.1) is 0 Å². The van der Waals surface area contributed by atoms with Crippen LogP contribution in [0.1, 0.15) is 50.2 Å². The van der Waals surface area contributed by atoms with Crippen LogP contribution in [-0.2, 0) is 0 Å². The molecule has 1 saturated carbocycles. The van der Waals surface area contributed by atoms with Crippen molar-refractivity contribution in [2.24, 2.45) is 0 Å². The Labute approximate surface area is 98.1 Å². The van der Waals surface area contributed by atoms with Gasteiger partial charge in [-0.3, -0.25) is 0 Å². The molecule has 0 aromatic heterocycles. The van der Waals surface area contributed by atoms with E-state index in [0.717, 1.165) is 30.3 Å². The maximum atomic E-state index is 5.72. The number of hydrogen-bond acceptors (Lipinski definition) is 1. The molecule has 0 amide bonds. The summed E-state index contributed by atoms with van der Waals surface area (Å²) in [6.45, 7) is 8.98. The van der Waals surface area contributed by atoms with Gasteiger partial charge in [0.25, 0.3) is 0 Å². The zero-order chi connectivity index (χ0) is 11.5. The molecule has 1 fully saturated rings. The van der Waals surface area contributed by atoms with Crippen molar-refractivity contribution in [1.29, 1.82) is 0 Å². The molecule has 2 rings (SSSR count). The summed E-state index contributed by atoms with van der Waals surface area (Å²) >= 11 is 0.